The summed E-state index contributed by atoms with van der Waals surface area (Å²) in [6.07, 6.45) is 0.187. The van der Waals surface area contributed by atoms with Crippen molar-refractivity contribution in [1.29, 1.82) is 5.26 Å². The van der Waals surface area contributed by atoms with Gasteiger partial charge in [-0.05, 0) is 12.5 Å². The second-order valence-corrected chi connectivity index (χ2v) is 4.45. The fourth-order valence-electron chi connectivity index (χ4n) is 1.63. The summed E-state index contributed by atoms with van der Waals surface area (Å²) in [5.41, 5.74) is 0.495. The predicted octanol–water partition coefficient (Wildman–Crippen LogP) is 1.76. The number of carbonyl (C=O) groups excluding carboxylic acids is 1. The Bertz CT molecular complexity index is 510. The lowest BCUT2D eigenvalue weighted by atomic mass is 10.1. The molecule has 2 atom stereocenters. The minimum absolute atomic E-state index is 0.187. The second kappa shape index (κ2) is 7.14. The summed E-state index contributed by atoms with van der Waals surface area (Å²) in [5.74, 6) is -1.13. The Labute approximate surface area is 117 Å². The number of carboxylic acid groups (broad SMARTS) is 1. The van der Waals surface area contributed by atoms with Crippen LogP contribution in [-0.2, 0) is 4.79 Å². The van der Waals surface area contributed by atoms with E-state index in [9.17, 15) is 14.7 Å². The summed E-state index contributed by atoms with van der Waals surface area (Å²) in [5, 5.41) is 20.3. The van der Waals surface area contributed by atoms with Gasteiger partial charge in [-0.2, -0.15) is 5.26 Å². The Hall–Kier alpha value is -2.55. The van der Waals surface area contributed by atoms with Gasteiger partial charge in [0.15, 0.2) is 6.04 Å². The van der Waals surface area contributed by atoms with Crippen molar-refractivity contribution in [3.8, 4) is 6.07 Å². The molecule has 0 aromatic heterocycles. The number of nitrogens with zero attached hydrogens (tertiary/aromatic N) is 2. The van der Waals surface area contributed by atoms with Gasteiger partial charge in [0.25, 0.3) is 0 Å². The first-order chi connectivity index (χ1) is 9.47. The minimum atomic E-state index is -1.13. The molecule has 6 nitrogen and oxygen atoms in total. The fourth-order valence-corrected chi connectivity index (χ4v) is 1.63. The molecule has 2 amide bonds. The van der Waals surface area contributed by atoms with Crippen molar-refractivity contribution < 1.29 is 14.7 Å². The first-order valence-electron chi connectivity index (χ1n) is 6.15. The maximum absolute atomic E-state index is 12.0. The van der Waals surface area contributed by atoms with Gasteiger partial charge >= 0.3 is 12.0 Å². The van der Waals surface area contributed by atoms with Crippen LogP contribution in [0.1, 0.15) is 24.9 Å². The molecule has 1 aromatic carbocycles. The zero-order valence-electron chi connectivity index (χ0n) is 11.4. The third-order valence-electron chi connectivity index (χ3n) is 3.02. The monoisotopic (exact) mass is 275 g/mol. The van der Waals surface area contributed by atoms with Gasteiger partial charge in [-0.25, -0.2) is 9.59 Å². The highest BCUT2D eigenvalue weighted by Gasteiger charge is 2.24. The smallest absolute Gasteiger partial charge is 0.330 e. The molecule has 1 unspecified atom stereocenters. The fraction of sp³-hybridized carbons (Fsp3) is 0.357. The topological polar surface area (TPSA) is 93.4 Å². The van der Waals surface area contributed by atoms with E-state index >= 15 is 0 Å². The number of urea groups is 1. The van der Waals surface area contributed by atoms with Crippen LogP contribution in [0.25, 0.3) is 0 Å². The van der Waals surface area contributed by atoms with Crippen molar-refractivity contribution in [2.75, 3.05) is 7.05 Å². The standard InChI is InChI=1S/C14H17N3O3/c1-10(8-9-15)17(2)14(20)16-12(13(18)19)11-6-4-3-5-7-11/h3-7,10,12H,8H2,1-2H3,(H,16,20)(H,18,19)/t10?,12-/m0/s1. The molecule has 0 saturated heterocycles. The molecule has 0 bridgehead atoms. The van der Waals surface area contributed by atoms with E-state index in [0.29, 0.717) is 5.56 Å². The quantitative estimate of drug-likeness (QED) is 0.856. The molecular formula is C14H17N3O3. The van der Waals surface area contributed by atoms with E-state index in [2.05, 4.69) is 5.32 Å². The van der Waals surface area contributed by atoms with Crippen LogP contribution in [0.15, 0.2) is 30.3 Å². The summed E-state index contributed by atoms with van der Waals surface area (Å²) < 4.78 is 0. The van der Waals surface area contributed by atoms with Crippen LogP contribution >= 0.6 is 0 Å². The molecule has 1 aromatic rings. The molecule has 2 N–H and O–H groups in total. The molecule has 0 saturated carbocycles. The van der Waals surface area contributed by atoms with Gasteiger partial charge in [0.1, 0.15) is 0 Å². The zero-order chi connectivity index (χ0) is 15.1. The number of hydrogen-bond acceptors (Lipinski definition) is 3. The Morgan fingerprint density at radius 1 is 1.40 bits per heavy atom. The van der Waals surface area contributed by atoms with Crippen molar-refractivity contribution in [1.82, 2.24) is 10.2 Å². The second-order valence-electron chi connectivity index (χ2n) is 4.45. The van der Waals surface area contributed by atoms with Crippen LogP contribution < -0.4 is 5.32 Å². The highest BCUT2D eigenvalue weighted by atomic mass is 16.4. The molecule has 0 aliphatic heterocycles. The summed E-state index contributed by atoms with van der Waals surface area (Å²) in [4.78, 5) is 24.6. The highest BCUT2D eigenvalue weighted by molar-refractivity contribution is 5.83. The number of aliphatic carboxylic acids is 1. The van der Waals surface area contributed by atoms with Gasteiger partial charge in [-0.15, -0.1) is 0 Å². The summed E-state index contributed by atoms with van der Waals surface area (Å²) in [7, 11) is 1.53. The van der Waals surface area contributed by atoms with E-state index in [-0.39, 0.29) is 12.5 Å². The predicted molar refractivity (Wildman–Crippen MR) is 72.8 cm³/mol. The van der Waals surface area contributed by atoms with Gasteiger partial charge in [0.2, 0.25) is 0 Å². The van der Waals surface area contributed by atoms with Crippen molar-refractivity contribution in [2.24, 2.45) is 0 Å². The molecule has 6 heteroatoms. The molecule has 0 spiro atoms. The molecule has 106 valence electrons. The molecule has 1 rings (SSSR count). The van der Waals surface area contributed by atoms with Gasteiger partial charge in [-0.3, -0.25) is 0 Å². The first kappa shape index (κ1) is 15.5. The van der Waals surface area contributed by atoms with E-state index < -0.39 is 18.0 Å². The van der Waals surface area contributed by atoms with Crippen LogP contribution in [0, 0.1) is 11.3 Å². The number of rotatable bonds is 5. The first-order valence-corrected chi connectivity index (χ1v) is 6.15. The Kier molecular flexibility index (Phi) is 5.54. The van der Waals surface area contributed by atoms with Crippen LogP contribution in [-0.4, -0.2) is 35.1 Å². The van der Waals surface area contributed by atoms with Crippen LogP contribution in [0.3, 0.4) is 0 Å². The molecular weight excluding hydrogens is 258 g/mol. The number of carboxylic acids is 1. The van der Waals surface area contributed by atoms with Crippen LogP contribution in [0.5, 0.6) is 0 Å². The van der Waals surface area contributed by atoms with E-state index in [0.717, 1.165) is 0 Å². The third-order valence-corrected chi connectivity index (χ3v) is 3.02. The Morgan fingerprint density at radius 3 is 2.50 bits per heavy atom. The zero-order valence-corrected chi connectivity index (χ0v) is 11.4. The summed E-state index contributed by atoms with van der Waals surface area (Å²) >= 11 is 0. The number of carbonyl (C=O) groups is 2. The third kappa shape index (κ3) is 3.99. The molecule has 0 fully saturated rings. The molecule has 0 radical (unpaired) electrons. The SMILES string of the molecule is CC(CC#N)N(C)C(=O)N[C@H](C(=O)O)c1ccccc1. The van der Waals surface area contributed by atoms with E-state index in [4.69, 9.17) is 5.26 Å². The van der Waals surface area contributed by atoms with Gasteiger partial charge in [-0.1, -0.05) is 30.3 Å². The lowest BCUT2D eigenvalue weighted by Crippen LogP contribution is -2.45. The van der Waals surface area contributed by atoms with E-state index in [1.165, 1.54) is 11.9 Å². The van der Waals surface area contributed by atoms with Crippen molar-refractivity contribution in [3.63, 3.8) is 0 Å². The van der Waals surface area contributed by atoms with Crippen molar-refractivity contribution >= 4 is 12.0 Å². The number of amides is 2. The lowest BCUT2D eigenvalue weighted by Gasteiger charge is -2.25. The lowest BCUT2D eigenvalue weighted by molar-refractivity contribution is -0.139. The largest absolute Gasteiger partial charge is 0.479 e. The van der Waals surface area contributed by atoms with Crippen LogP contribution in [0.2, 0.25) is 0 Å². The number of nitriles is 1. The Balaban J connectivity index is 2.80. The minimum Gasteiger partial charge on any atom is -0.479 e. The van der Waals surface area contributed by atoms with Gasteiger partial charge in [0, 0.05) is 13.1 Å². The summed E-state index contributed by atoms with van der Waals surface area (Å²) in [6.45, 7) is 1.72. The molecule has 20 heavy (non-hydrogen) atoms. The average Bonchev–Trinajstić information content (AvgIpc) is 2.44. The van der Waals surface area contributed by atoms with Gasteiger partial charge < -0.3 is 15.3 Å². The molecule has 0 heterocycles. The average molecular weight is 275 g/mol. The van der Waals surface area contributed by atoms with Crippen molar-refractivity contribution in [3.05, 3.63) is 35.9 Å². The molecule has 0 aliphatic carbocycles. The normalized spacial score (nSPS) is 12.8. The highest BCUT2D eigenvalue weighted by Crippen LogP contribution is 2.13. The van der Waals surface area contributed by atoms with Gasteiger partial charge in [0.05, 0.1) is 12.5 Å². The van der Waals surface area contributed by atoms with E-state index in [1.807, 2.05) is 6.07 Å². The number of nitrogens with one attached hydrogen (secondary N) is 1. The number of benzene rings is 1. The maximum atomic E-state index is 12.0. The molecule has 0 aliphatic rings. The van der Waals surface area contributed by atoms with Crippen molar-refractivity contribution in [2.45, 2.75) is 25.4 Å². The van der Waals surface area contributed by atoms with E-state index in [1.54, 1.807) is 37.3 Å². The Morgan fingerprint density at radius 2 is 2.00 bits per heavy atom. The number of hydrogen-bond donors (Lipinski definition) is 2. The maximum Gasteiger partial charge on any atom is 0.330 e. The van der Waals surface area contributed by atoms with Crippen LogP contribution in [0.4, 0.5) is 4.79 Å². The summed E-state index contributed by atoms with van der Waals surface area (Å²) in [6, 6.07) is 8.51.